The highest BCUT2D eigenvalue weighted by Gasteiger charge is 2.25. The van der Waals surface area contributed by atoms with Crippen molar-refractivity contribution < 1.29 is 8.42 Å². The summed E-state index contributed by atoms with van der Waals surface area (Å²) in [4.78, 5) is 4.14. The third kappa shape index (κ3) is 2.46. The molecule has 2 rings (SSSR count). The van der Waals surface area contributed by atoms with Gasteiger partial charge in [0.05, 0.1) is 10.6 Å². The number of pyridine rings is 1. The molecular formula is C14H17N3O2S. The van der Waals surface area contributed by atoms with Crippen molar-refractivity contribution in [1.29, 1.82) is 0 Å². The van der Waals surface area contributed by atoms with E-state index in [-0.39, 0.29) is 4.90 Å². The third-order valence-corrected chi connectivity index (χ3v) is 5.18. The van der Waals surface area contributed by atoms with Crippen molar-refractivity contribution in [3.8, 4) is 0 Å². The lowest BCUT2D eigenvalue weighted by atomic mass is 10.2. The normalized spacial score (nSPS) is 11.3. The maximum atomic E-state index is 12.8. The van der Waals surface area contributed by atoms with E-state index in [0.29, 0.717) is 23.5 Å². The minimum atomic E-state index is -3.63. The molecule has 0 radical (unpaired) electrons. The Morgan fingerprint density at radius 2 is 1.85 bits per heavy atom. The van der Waals surface area contributed by atoms with Crippen molar-refractivity contribution in [2.24, 2.45) is 0 Å². The van der Waals surface area contributed by atoms with Crippen LogP contribution in [0.5, 0.6) is 0 Å². The van der Waals surface area contributed by atoms with Crippen LogP contribution in [0.3, 0.4) is 0 Å². The third-order valence-electron chi connectivity index (χ3n) is 3.13. The fourth-order valence-corrected chi connectivity index (χ4v) is 3.76. The zero-order valence-corrected chi connectivity index (χ0v) is 12.3. The van der Waals surface area contributed by atoms with Gasteiger partial charge in [0.2, 0.25) is 0 Å². The van der Waals surface area contributed by atoms with Crippen LogP contribution in [0, 0.1) is 6.92 Å². The molecule has 0 spiro atoms. The molecule has 0 saturated carbocycles. The predicted molar refractivity (Wildman–Crippen MR) is 80.0 cm³/mol. The molecule has 20 heavy (non-hydrogen) atoms. The second-order valence-corrected chi connectivity index (χ2v) is 6.18. The van der Waals surface area contributed by atoms with Gasteiger partial charge in [0.15, 0.2) is 0 Å². The lowest BCUT2D eigenvalue weighted by Gasteiger charge is -2.23. The van der Waals surface area contributed by atoms with Gasteiger partial charge in [-0.05, 0) is 43.7 Å². The van der Waals surface area contributed by atoms with Crippen molar-refractivity contribution in [1.82, 2.24) is 4.98 Å². The van der Waals surface area contributed by atoms with Gasteiger partial charge in [-0.15, -0.1) is 0 Å². The first-order valence-corrected chi connectivity index (χ1v) is 7.70. The Morgan fingerprint density at radius 1 is 1.20 bits per heavy atom. The van der Waals surface area contributed by atoms with Gasteiger partial charge in [0.25, 0.3) is 10.0 Å². The summed E-state index contributed by atoms with van der Waals surface area (Å²) in [7, 11) is -3.63. The number of nitrogens with two attached hydrogens (primary N) is 1. The SMILES string of the molecule is CCN(c1ccncc1)S(=O)(=O)c1cccc(N)c1C. The van der Waals surface area contributed by atoms with Crippen LogP contribution in [0.1, 0.15) is 12.5 Å². The summed E-state index contributed by atoms with van der Waals surface area (Å²) >= 11 is 0. The maximum Gasteiger partial charge on any atom is 0.264 e. The molecule has 0 aliphatic heterocycles. The number of nitrogen functional groups attached to an aromatic ring is 1. The molecule has 1 aromatic heterocycles. The van der Waals surface area contributed by atoms with Gasteiger partial charge in [-0.3, -0.25) is 9.29 Å². The Labute approximate surface area is 119 Å². The van der Waals surface area contributed by atoms with Crippen molar-refractivity contribution in [3.05, 3.63) is 48.3 Å². The van der Waals surface area contributed by atoms with Crippen LogP contribution in [0.4, 0.5) is 11.4 Å². The van der Waals surface area contributed by atoms with E-state index in [1.807, 2.05) is 0 Å². The lowest BCUT2D eigenvalue weighted by molar-refractivity contribution is 0.591. The van der Waals surface area contributed by atoms with E-state index in [9.17, 15) is 8.42 Å². The molecule has 0 amide bonds. The number of hydrogen-bond donors (Lipinski definition) is 1. The van der Waals surface area contributed by atoms with E-state index >= 15 is 0 Å². The highest BCUT2D eigenvalue weighted by atomic mass is 32.2. The Kier molecular flexibility index (Phi) is 3.94. The van der Waals surface area contributed by atoms with E-state index in [1.54, 1.807) is 56.6 Å². The number of aromatic nitrogens is 1. The number of benzene rings is 1. The van der Waals surface area contributed by atoms with E-state index in [4.69, 9.17) is 5.73 Å². The lowest BCUT2D eigenvalue weighted by Crippen LogP contribution is -2.31. The first kappa shape index (κ1) is 14.3. The minimum absolute atomic E-state index is 0.233. The van der Waals surface area contributed by atoms with E-state index in [1.165, 1.54) is 4.31 Å². The molecule has 2 N–H and O–H groups in total. The first-order valence-electron chi connectivity index (χ1n) is 6.26. The zero-order valence-electron chi connectivity index (χ0n) is 11.4. The topological polar surface area (TPSA) is 76.3 Å². The Bertz CT molecular complexity index is 700. The average molecular weight is 291 g/mol. The highest BCUT2D eigenvalue weighted by molar-refractivity contribution is 7.92. The molecule has 5 nitrogen and oxygen atoms in total. The molecule has 0 unspecified atom stereocenters. The molecule has 2 aromatic rings. The second kappa shape index (κ2) is 5.50. The van der Waals surface area contributed by atoms with Crippen molar-refractivity contribution >= 4 is 21.4 Å². The molecule has 1 heterocycles. The van der Waals surface area contributed by atoms with Crippen LogP contribution in [0.15, 0.2) is 47.6 Å². The molecule has 6 heteroatoms. The molecule has 1 aromatic carbocycles. The summed E-state index contributed by atoms with van der Waals surface area (Å²) in [6.07, 6.45) is 3.14. The highest BCUT2D eigenvalue weighted by Crippen LogP contribution is 2.27. The van der Waals surface area contributed by atoms with Gasteiger partial charge in [-0.25, -0.2) is 8.42 Å². The van der Waals surface area contributed by atoms with Crippen LogP contribution < -0.4 is 10.0 Å². The fraction of sp³-hybridized carbons (Fsp3) is 0.214. The number of anilines is 2. The monoisotopic (exact) mass is 291 g/mol. The molecule has 0 bridgehead atoms. The van der Waals surface area contributed by atoms with E-state index in [2.05, 4.69) is 4.98 Å². The molecule has 0 aliphatic carbocycles. The van der Waals surface area contributed by atoms with Gasteiger partial charge >= 0.3 is 0 Å². The molecule has 0 atom stereocenters. The van der Waals surface area contributed by atoms with Crippen LogP contribution in [-0.4, -0.2) is 19.9 Å². The summed E-state index contributed by atoms with van der Waals surface area (Å²) in [5, 5.41) is 0. The Morgan fingerprint density at radius 3 is 2.45 bits per heavy atom. The number of rotatable bonds is 4. The number of nitrogens with zero attached hydrogens (tertiary/aromatic N) is 2. The minimum Gasteiger partial charge on any atom is -0.398 e. The standard InChI is InChI=1S/C14H17N3O2S/c1-3-17(12-7-9-16-10-8-12)20(18,19)14-6-4-5-13(15)11(14)2/h4-10H,3,15H2,1-2H3. The first-order chi connectivity index (χ1) is 9.48. The number of hydrogen-bond acceptors (Lipinski definition) is 4. The molecule has 106 valence electrons. The van der Waals surface area contributed by atoms with Crippen molar-refractivity contribution in [2.75, 3.05) is 16.6 Å². The summed E-state index contributed by atoms with van der Waals surface area (Å²) in [6, 6.07) is 8.25. The van der Waals surface area contributed by atoms with Crippen LogP contribution in [-0.2, 0) is 10.0 Å². The summed E-state index contributed by atoms with van der Waals surface area (Å²) in [5.41, 5.74) is 7.43. The fourth-order valence-electron chi connectivity index (χ4n) is 2.03. The average Bonchev–Trinajstić information content (AvgIpc) is 2.43. The van der Waals surface area contributed by atoms with Crippen molar-refractivity contribution in [2.45, 2.75) is 18.7 Å². The van der Waals surface area contributed by atoms with Crippen molar-refractivity contribution in [3.63, 3.8) is 0 Å². The summed E-state index contributed by atoms with van der Waals surface area (Å²) in [6.45, 7) is 3.84. The van der Waals surface area contributed by atoms with Crippen LogP contribution >= 0.6 is 0 Å². The van der Waals surface area contributed by atoms with Crippen LogP contribution in [0.25, 0.3) is 0 Å². The Balaban J connectivity index is 2.56. The maximum absolute atomic E-state index is 12.8. The van der Waals surface area contributed by atoms with E-state index in [0.717, 1.165) is 0 Å². The predicted octanol–water partition coefficient (Wildman–Crippen LogP) is 2.19. The molecule has 0 aliphatic rings. The van der Waals surface area contributed by atoms with Gasteiger partial charge in [0, 0.05) is 24.6 Å². The van der Waals surface area contributed by atoms with E-state index < -0.39 is 10.0 Å². The molecule has 0 saturated heterocycles. The quantitative estimate of drug-likeness (QED) is 0.876. The van der Waals surface area contributed by atoms with Crippen LogP contribution in [0.2, 0.25) is 0 Å². The molecule has 0 fully saturated rings. The largest absolute Gasteiger partial charge is 0.398 e. The second-order valence-electron chi connectivity index (χ2n) is 4.35. The zero-order chi connectivity index (χ0) is 14.8. The number of sulfonamides is 1. The summed E-state index contributed by atoms with van der Waals surface area (Å²) < 4.78 is 26.9. The Hall–Kier alpha value is -2.08. The summed E-state index contributed by atoms with van der Waals surface area (Å²) in [5.74, 6) is 0. The van der Waals surface area contributed by atoms with Gasteiger partial charge in [0.1, 0.15) is 0 Å². The van der Waals surface area contributed by atoms with Gasteiger partial charge in [-0.2, -0.15) is 0 Å². The molecular weight excluding hydrogens is 274 g/mol. The van der Waals surface area contributed by atoms with Gasteiger partial charge < -0.3 is 5.73 Å². The smallest absolute Gasteiger partial charge is 0.264 e. The van der Waals surface area contributed by atoms with Gasteiger partial charge in [-0.1, -0.05) is 6.07 Å².